The molecule has 0 radical (unpaired) electrons. The summed E-state index contributed by atoms with van der Waals surface area (Å²) in [6.07, 6.45) is 7.48. The molecule has 14 heavy (non-hydrogen) atoms. The molecule has 2 atom stereocenters. The van der Waals surface area contributed by atoms with Crippen LogP contribution in [0, 0.1) is 0 Å². The minimum Gasteiger partial charge on any atom is -0.352 e. The van der Waals surface area contributed by atoms with Gasteiger partial charge in [0.1, 0.15) is 0 Å². The summed E-state index contributed by atoms with van der Waals surface area (Å²) >= 11 is 1.87. The lowest BCUT2D eigenvalue weighted by atomic mass is 9.95. The Kier molecular flexibility index (Phi) is 5.33. The lowest BCUT2D eigenvalue weighted by molar-refractivity contribution is -0.121. The molecule has 2 unspecified atom stereocenters. The molecular weight excluding hydrogens is 196 g/mol. The van der Waals surface area contributed by atoms with E-state index in [0.29, 0.717) is 24.3 Å². The molecule has 3 N–H and O–H groups in total. The molecular formula is C10H20N2OS. The topological polar surface area (TPSA) is 55.1 Å². The predicted octanol–water partition coefficient (Wildman–Crippen LogP) is 1.13. The van der Waals surface area contributed by atoms with Gasteiger partial charge < -0.3 is 11.1 Å². The van der Waals surface area contributed by atoms with Gasteiger partial charge in [-0.3, -0.25) is 4.79 Å². The molecule has 1 aliphatic rings. The van der Waals surface area contributed by atoms with E-state index in [1.165, 1.54) is 19.3 Å². The summed E-state index contributed by atoms with van der Waals surface area (Å²) in [6, 6.07) is 0.373. The van der Waals surface area contributed by atoms with Crippen molar-refractivity contribution in [2.75, 3.05) is 12.8 Å². The Balaban J connectivity index is 2.36. The highest BCUT2D eigenvalue weighted by molar-refractivity contribution is 7.99. The summed E-state index contributed by atoms with van der Waals surface area (Å²) < 4.78 is 0. The monoisotopic (exact) mass is 216 g/mol. The maximum absolute atomic E-state index is 11.4. The quantitative estimate of drug-likeness (QED) is 0.740. The van der Waals surface area contributed by atoms with E-state index in [4.69, 9.17) is 5.73 Å². The molecule has 0 spiro atoms. The second-order valence-electron chi connectivity index (χ2n) is 3.77. The summed E-state index contributed by atoms with van der Waals surface area (Å²) in [5.41, 5.74) is 5.34. The van der Waals surface area contributed by atoms with E-state index < -0.39 is 0 Å². The van der Waals surface area contributed by atoms with E-state index in [1.807, 2.05) is 11.8 Å². The van der Waals surface area contributed by atoms with E-state index in [0.717, 1.165) is 6.42 Å². The zero-order valence-electron chi connectivity index (χ0n) is 8.79. The van der Waals surface area contributed by atoms with Crippen LogP contribution in [-0.4, -0.2) is 30.0 Å². The average molecular weight is 216 g/mol. The molecule has 0 aromatic heterocycles. The van der Waals surface area contributed by atoms with Gasteiger partial charge in [-0.25, -0.2) is 0 Å². The van der Waals surface area contributed by atoms with E-state index in [9.17, 15) is 4.79 Å². The second kappa shape index (κ2) is 6.30. The van der Waals surface area contributed by atoms with E-state index >= 15 is 0 Å². The Bertz CT molecular complexity index is 187. The van der Waals surface area contributed by atoms with Gasteiger partial charge in [0.25, 0.3) is 0 Å². The molecule has 1 amide bonds. The molecule has 4 heteroatoms. The van der Waals surface area contributed by atoms with Crippen LogP contribution in [0.3, 0.4) is 0 Å². The first kappa shape index (κ1) is 11.9. The number of rotatable bonds is 4. The van der Waals surface area contributed by atoms with Gasteiger partial charge in [-0.2, -0.15) is 11.8 Å². The van der Waals surface area contributed by atoms with Crippen LogP contribution < -0.4 is 11.1 Å². The van der Waals surface area contributed by atoms with E-state index in [1.54, 1.807) is 0 Å². The molecule has 0 heterocycles. The van der Waals surface area contributed by atoms with Gasteiger partial charge in [0.2, 0.25) is 5.91 Å². The van der Waals surface area contributed by atoms with Crippen molar-refractivity contribution in [1.29, 1.82) is 0 Å². The van der Waals surface area contributed by atoms with Crippen molar-refractivity contribution in [3.63, 3.8) is 0 Å². The maximum Gasteiger partial charge on any atom is 0.221 e. The Morgan fingerprint density at radius 1 is 1.50 bits per heavy atom. The standard InChI is InChI=1S/C10H20N2OS/c1-14-9-5-3-2-4-8(9)12-10(13)6-7-11/h8-9H,2-7,11H2,1H3,(H,12,13). The summed E-state index contributed by atoms with van der Waals surface area (Å²) in [5, 5.41) is 3.68. The maximum atomic E-state index is 11.4. The molecule has 3 nitrogen and oxygen atoms in total. The van der Waals surface area contributed by atoms with Crippen molar-refractivity contribution < 1.29 is 4.79 Å². The number of amides is 1. The Hall–Kier alpha value is -0.220. The van der Waals surface area contributed by atoms with Crippen molar-refractivity contribution in [2.45, 2.75) is 43.4 Å². The smallest absolute Gasteiger partial charge is 0.221 e. The van der Waals surface area contributed by atoms with Gasteiger partial charge in [0.15, 0.2) is 0 Å². The van der Waals surface area contributed by atoms with Crippen LogP contribution in [0.25, 0.3) is 0 Å². The molecule has 0 aliphatic heterocycles. The average Bonchev–Trinajstić information content (AvgIpc) is 2.19. The largest absolute Gasteiger partial charge is 0.352 e. The van der Waals surface area contributed by atoms with Crippen molar-refractivity contribution in [2.24, 2.45) is 5.73 Å². The number of nitrogens with two attached hydrogens (primary N) is 1. The summed E-state index contributed by atoms with van der Waals surface area (Å²) in [4.78, 5) is 11.4. The molecule has 1 fully saturated rings. The van der Waals surface area contributed by atoms with Crippen LogP contribution in [0.4, 0.5) is 0 Å². The molecule has 0 bridgehead atoms. The third-order valence-corrected chi connectivity index (χ3v) is 3.89. The van der Waals surface area contributed by atoms with Gasteiger partial charge in [-0.15, -0.1) is 0 Å². The second-order valence-corrected chi connectivity index (χ2v) is 4.85. The highest BCUT2D eigenvalue weighted by atomic mass is 32.2. The van der Waals surface area contributed by atoms with Crippen LogP contribution in [0.1, 0.15) is 32.1 Å². The molecule has 1 aliphatic carbocycles. The molecule has 0 aromatic rings. The highest BCUT2D eigenvalue weighted by Crippen LogP contribution is 2.27. The lowest BCUT2D eigenvalue weighted by Gasteiger charge is -2.30. The van der Waals surface area contributed by atoms with Crippen molar-refractivity contribution in [3.8, 4) is 0 Å². The predicted molar refractivity (Wildman–Crippen MR) is 61.4 cm³/mol. The highest BCUT2D eigenvalue weighted by Gasteiger charge is 2.25. The van der Waals surface area contributed by atoms with E-state index in [-0.39, 0.29) is 5.91 Å². The number of hydrogen-bond acceptors (Lipinski definition) is 3. The third kappa shape index (κ3) is 3.50. The number of nitrogens with one attached hydrogen (secondary N) is 1. The van der Waals surface area contributed by atoms with Crippen molar-refractivity contribution in [3.05, 3.63) is 0 Å². The number of carbonyl (C=O) groups is 1. The Labute approximate surface area is 90.2 Å². The first-order chi connectivity index (χ1) is 6.77. The van der Waals surface area contributed by atoms with Gasteiger partial charge in [-0.1, -0.05) is 12.8 Å². The SMILES string of the molecule is CSC1CCCCC1NC(=O)CCN. The number of thioether (sulfide) groups is 1. The third-order valence-electron chi connectivity index (χ3n) is 2.72. The zero-order chi connectivity index (χ0) is 10.4. The lowest BCUT2D eigenvalue weighted by Crippen LogP contribution is -2.44. The number of carbonyl (C=O) groups excluding carboxylic acids is 1. The molecule has 0 saturated heterocycles. The fourth-order valence-corrected chi connectivity index (χ4v) is 2.89. The molecule has 1 saturated carbocycles. The minimum atomic E-state index is 0.110. The summed E-state index contributed by atoms with van der Waals surface area (Å²) in [7, 11) is 0. The Morgan fingerprint density at radius 2 is 2.21 bits per heavy atom. The fourth-order valence-electron chi connectivity index (χ4n) is 1.95. The van der Waals surface area contributed by atoms with Crippen molar-refractivity contribution in [1.82, 2.24) is 5.32 Å². The van der Waals surface area contributed by atoms with Gasteiger partial charge >= 0.3 is 0 Å². The molecule has 0 aromatic carbocycles. The Morgan fingerprint density at radius 3 is 2.86 bits per heavy atom. The van der Waals surface area contributed by atoms with Crippen LogP contribution in [0.5, 0.6) is 0 Å². The van der Waals surface area contributed by atoms with Crippen molar-refractivity contribution >= 4 is 17.7 Å². The normalized spacial score (nSPS) is 27.3. The van der Waals surface area contributed by atoms with Crippen LogP contribution in [-0.2, 0) is 4.79 Å². The molecule has 1 rings (SSSR count). The first-order valence-corrected chi connectivity index (χ1v) is 6.59. The zero-order valence-corrected chi connectivity index (χ0v) is 9.61. The van der Waals surface area contributed by atoms with Gasteiger partial charge in [0, 0.05) is 24.3 Å². The summed E-state index contributed by atoms with van der Waals surface area (Å²) in [5.74, 6) is 0.110. The van der Waals surface area contributed by atoms with Crippen LogP contribution in [0.2, 0.25) is 0 Å². The first-order valence-electron chi connectivity index (χ1n) is 5.30. The van der Waals surface area contributed by atoms with Crippen LogP contribution in [0.15, 0.2) is 0 Å². The van der Waals surface area contributed by atoms with Gasteiger partial charge in [-0.05, 0) is 19.1 Å². The van der Waals surface area contributed by atoms with Gasteiger partial charge in [0.05, 0.1) is 0 Å². The summed E-state index contributed by atoms with van der Waals surface area (Å²) in [6.45, 7) is 0.447. The minimum absolute atomic E-state index is 0.110. The fraction of sp³-hybridized carbons (Fsp3) is 0.900. The van der Waals surface area contributed by atoms with E-state index in [2.05, 4.69) is 11.6 Å². The molecule has 82 valence electrons. The number of hydrogen-bond donors (Lipinski definition) is 2. The van der Waals surface area contributed by atoms with Crippen LogP contribution >= 0.6 is 11.8 Å².